The first kappa shape index (κ1) is 23.0. The fourth-order valence-corrected chi connectivity index (χ4v) is 5.95. The van der Waals surface area contributed by atoms with Crippen LogP contribution in [0, 0.1) is 12.8 Å². The van der Waals surface area contributed by atoms with Crippen molar-refractivity contribution in [3.8, 4) is 5.82 Å². The Morgan fingerprint density at radius 2 is 2.03 bits per heavy atom. The third-order valence-electron chi connectivity index (χ3n) is 6.86. The molecule has 1 aliphatic heterocycles. The number of rotatable bonds is 8. The van der Waals surface area contributed by atoms with Crippen molar-refractivity contribution >= 4 is 26.6 Å². The number of nitrogens with zero attached hydrogens (tertiary/aromatic N) is 3. The Morgan fingerprint density at radius 3 is 2.59 bits per heavy atom. The molecule has 0 bridgehead atoms. The minimum absolute atomic E-state index is 0.260. The van der Waals surface area contributed by atoms with Gasteiger partial charge in [0.1, 0.15) is 5.69 Å². The number of pyridine rings is 1. The van der Waals surface area contributed by atoms with Gasteiger partial charge in [-0.05, 0) is 73.4 Å². The summed E-state index contributed by atoms with van der Waals surface area (Å²) >= 11 is 0. The van der Waals surface area contributed by atoms with Crippen LogP contribution in [0.3, 0.4) is 0 Å². The van der Waals surface area contributed by atoms with Gasteiger partial charge in [-0.1, -0.05) is 6.07 Å². The first-order valence-corrected chi connectivity index (χ1v) is 13.7. The maximum absolute atomic E-state index is 12.9. The topological polar surface area (TPSA) is 103 Å². The number of aromatic nitrogens is 3. The molecule has 9 heteroatoms. The molecule has 1 saturated heterocycles. The molecular weight excluding hydrogens is 452 g/mol. The van der Waals surface area contributed by atoms with Crippen molar-refractivity contribution in [2.45, 2.75) is 43.8 Å². The van der Waals surface area contributed by atoms with Gasteiger partial charge in [-0.2, -0.15) is 5.10 Å². The third-order valence-corrected chi connectivity index (χ3v) is 8.38. The van der Waals surface area contributed by atoms with E-state index >= 15 is 0 Å². The highest BCUT2D eigenvalue weighted by molar-refractivity contribution is 7.90. The number of carbonyl (C=O) groups is 1. The van der Waals surface area contributed by atoms with Gasteiger partial charge >= 0.3 is 0 Å². The van der Waals surface area contributed by atoms with E-state index in [-0.39, 0.29) is 5.91 Å². The Kier molecular flexibility index (Phi) is 5.93. The molecule has 2 fully saturated rings. The van der Waals surface area contributed by atoms with Crippen LogP contribution in [0.15, 0.2) is 30.5 Å². The maximum Gasteiger partial charge on any atom is 0.270 e. The summed E-state index contributed by atoms with van der Waals surface area (Å²) in [5.74, 6) is 1.02. The molecule has 2 aliphatic rings. The molecule has 1 N–H and O–H groups in total. The minimum Gasteiger partial charge on any atom is -0.381 e. The summed E-state index contributed by atoms with van der Waals surface area (Å²) in [6, 6.07) is 7.64. The van der Waals surface area contributed by atoms with Gasteiger partial charge in [-0.25, -0.2) is 18.1 Å². The first-order chi connectivity index (χ1) is 16.3. The number of amides is 1. The highest BCUT2D eigenvalue weighted by Gasteiger charge is 2.35. The van der Waals surface area contributed by atoms with Gasteiger partial charge in [0.25, 0.3) is 5.91 Å². The lowest BCUT2D eigenvalue weighted by atomic mass is 9.93. The zero-order chi connectivity index (χ0) is 24.0. The normalized spacial score (nSPS) is 17.5. The second-order valence-corrected chi connectivity index (χ2v) is 11.8. The molecule has 0 radical (unpaired) electrons. The number of sulfone groups is 1. The number of ether oxygens (including phenoxy) is 1. The Labute approximate surface area is 199 Å². The van der Waals surface area contributed by atoms with Crippen LogP contribution in [-0.2, 0) is 14.6 Å². The smallest absolute Gasteiger partial charge is 0.270 e. The van der Waals surface area contributed by atoms with E-state index in [0.29, 0.717) is 53.9 Å². The van der Waals surface area contributed by atoms with E-state index in [1.54, 1.807) is 17.9 Å². The summed E-state index contributed by atoms with van der Waals surface area (Å²) in [6.07, 6.45) is 6.47. The highest BCUT2D eigenvalue weighted by atomic mass is 32.2. The second kappa shape index (κ2) is 8.78. The van der Waals surface area contributed by atoms with Crippen LogP contribution in [0.2, 0.25) is 0 Å². The molecular formula is C25H30N4O4S. The van der Waals surface area contributed by atoms with Crippen molar-refractivity contribution in [3.63, 3.8) is 0 Å². The zero-order valence-electron chi connectivity index (χ0n) is 19.7. The van der Waals surface area contributed by atoms with Gasteiger partial charge in [-0.3, -0.25) is 4.79 Å². The van der Waals surface area contributed by atoms with Crippen LogP contribution in [0.25, 0.3) is 16.7 Å². The van der Waals surface area contributed by atoms with Crippen molar-refractivity contribution in [3.05, 3.63) is 52.8 Å². The number of hydrogen-bond acceptors (Lipinski definition) is 6. The molecule has 5 rings (SSSR count). The molecule has 3 heterocycles. The van der Waals surface area contributed by atoms with Crippen molar-refractivity contribution in [1.29, 1.82) is 0 Å². The van der Waals surface area contributed by atoms with Gasteiger partial charge in [0.15, 0.2) is 15.7 Å². The summed E-state index contributed by atoms with van der Waals surface area (Å²) in [5.41, 5.74) is 3.86. The Morgan fingerprint density at radius 1 is 1.26 bits per heavy atom. The summed E-state index contributed by atoms with van der Waals surface area (Å²) in [7, 11) is -1.75. The SMILES string of the molecule is CNC(=O)c1c2cc(C3CC3)c(C(CCC3COC3)S(C)(=O)=O)cc2nn1-c1ccc(C)cn1. The van der Waals surface area contributed by atoms with E-state index in [4.69, 9.17) is 9.84 Å². The average Bonchev–Trinajstić information content (AvgIpc) is 3.54. The quantitative estimate of drug-likeness (QED) is 0.527. The van der Waals surface area contributed by atoms with E-state index in [1.165, 1.54) is 6.26 Å². The predicted molar refractivity (Wildman–Crippen MR) is 130 cm³/mol. The standard InChI is InChI=1S/C25H30N4O4S/c1-15-4-9-23(27-12-15)29-24(25(30)26-2)20-10-18(17-6-7-17)19(11-21(20)28-29)22(34(3,31)32)8-5-16-13-33-14-16/h4,9-12,16-17,22H,5-8,13-14H2,1-3H3,(H,26,30). The maximum atomic E-state index is 12.9. The van der Waals surface area contributed by atoms with E-state index < -0.39 is 15.1 Å². The molecule has 1 aliphatic carbocycles. The predicted octanol–water partition coefficient (Wildman–Crippen LogP) is 3.48. The summed E-state index contributed by atoms with van der Waals surface area (Å²) in [6.45, 7) is 3.36. The molecule has 8 nitrogen and oxygen atoms in total. The van der Waals surface area contributed by atoms with Crippen LogP contribution < -0.4 is 5.32 Å². The molecule has 180 valence electrons. The summed E-state index contributed by atoms with van der Waals surface area (Å²) in [5, 5.41) is 7.56. The number of benzene rings is 1. The van der Waals surface area contributed by atoms with Crippen LogP contribution in [-0.4, -0.2) is 55.6 Å². The van der Waals surface area contributed by atoms with Gasteiger partial charge in [0.05, 0.1) is 24.0 Å². The Bertz CT molecular complexity index is 1340. The fourth-order valence-electron chi connectivity index (χ4n) is 4.72. The molecule has 1 atom stereocenters. The number of aryl methyl sites for hydroxylation is 1. The van der Waals surface area contributed by atoms with Gasteiger partial charge in [0, 0.05) is 30.8 Å². The fraction of sp³-hybridized carbons (Fsp3) is 0.480. The molecule has 3 aromatic rings. The van der Waals surface area contributed by atoms with Crippen molar-refractivity contribution < 1.29 is 17.9 Å². The van der Waals surface area contributed by atoms with E-state index in [9.17, 15) is 13.2 Å². The Hall–Kier alpha value is -2.78. The van der Waals surface area contributed by atoms with Crippen LogP contribution >= 0.6 is 0 Å². The summed E-state index contributed by atoms with van der Waals surface area (Å²) in [4.78, 5) is 17.4. The zero-order valence-corrected chi connectivity index (χ0v) is 20.6. The molecule has 1 aromatic carbocycles. The molecule has 1 saturated carbocycles. The monoisotopic (exact) mass is 482 g/mol. The van der Waals surface area contributed by atoms with E-state index in [1.807, 2.05) is 31.2 Å². The van der Waals surface area contributed by atoms with Crippen molar-refractivity contribution in [2.24, 2.45) is 5.92 Å². The van der Waals surface area contributed by atoms with E-state index in [2.05, 4.69) is 10.3 Å². The average molecular weight is 483 g/mol. The second-order valence-electron chi connectivity index (χ2n) is 9.60. The number of carbonyl (C=O) groups excluding carboxylic acids is 1. The van der Waals surface area contributed by atoms with Crippen LogP contribution in [0.1, 0.15) is 64.0 Å². The number of hydrogen-bond donors (Lipinski definition) is 1. The summed E-state index contributed by atoms with van der Waals surface area (Å²) < 4.78 is 32.7. The lowest BCUT2D eigenvalue weighted by Crippen LogP contribution is -2.28. The minimum atomic E-state index is -3.34. The van der Waals surface area contributed by atoms with Gasteiger partial charge < -0.3 is 10.1 Å². The number of nitrogens with one attached hydrogen (secondary N) is 1. The van der Waals surface area contributed by atoms with E-state index in [0.717, 1.165) is 36.0 Å². The molecule has 1 amide bonds. The highest BCUT2D eigenvalue weighted by Crippen LogP contribution is 2.47. The molecule has 34 heavy (non-hydrogen) atoms. The third kappa shape index (κ3) is 4.34. The first-order valence-electron chi connectivity index (χ1n) is 11.7. The van der Waals surface area contributed by atoms with Crippen molar-refractivity contribution in [1.82, 2.24) is 20.1 Å². The number of fused-ring (bicyclic) bond motifs is 1. The van der Waals surface area contributed by atoms with Gasteiger partial charge in [-0.15, -0.1) is 0 Å². The molecule has 2 aromatic heterocycles. The molecule has 1 unspecified atom stereocenters. The lowest BCUT2D eigenvalue weighted by Gasteiger charge is -2.28. The largest absolute Gasteiger partial charge is 0.381 e. The molecule has 0 spiro atoms. The van der Waals surface area contributed by atoms with Crippen molar-refractivity contribution in [2.75, 3.05) is 26.5 Å². The lowest BCUT2D eigenvalue weighted by molar-refractivity contribution is -0.0363. The van der Waals surface area contributed by atoms with Crippen LogP contribution in [0.5, 0.6) is 0 Å². The Balaban J connectivity index is 1.68. The van der Waals surface area contributed by atoms with Crippen LogP contribution in [0.4, 0.5) is 0 Å². The van der Waals surface area contributed by atoms with Gasteiger partial charge in [0.2, 0.25) is 0 Å².